The van der Waals surface area contributed by atoms with Crippen LogP contribution in [0, 0.1) is 55.4 Å². The molecular weight excluding hydrogens is 1070 g/mol. The van der Waals surface area contributed by atoms with Crippen LogP contribution in [0.25, 0.3) is 87.6 Å². The second kappa shape index (κ2) is 26.0. The van der Waals surface area contributed by atoms with E-state index in [1.54, 1.807) is 0 Å². The van der Waals surface area contributed by atoms with Gasteiger partial charge in [0.25, 0.3) is 0 Å². The molecule has 12 aromatic carbocycles. The molecule has 0 saturated heterocycles. The second-order valence-corrected chi connectivity index (χ2v) is 18.8. The molecule has 12 rings (SSSR count). The first-order valence-corrected chi connectivity index (χ1v) is 23.9. The summed E-state index contributed by atoms with van der Waals surface area (Å²) in [7, 11) is 0. The van der Waals surface area contributed by atoms with Gasteiger partial charge in [-0.25, -0.2) is 0 Å². The Hall–Kier alpha value is -5.45. The minimum absolute atomic E-state index is 0. The Kier molecular flexibility index (Phi) is 20.7. The van der Waals surface area contributed by atoms with Crippen LogP contribution in [0.15, 0.2) is 218 Å². The smallest absolute Gasteiger partial charge is 1.00 e. The molecule has 356 valence electrons. The van der Waals surface area contributed by atoms with Crippen LogP contribution in [0.2, 0.25) is 0 Å². The first-order chi connectivity index (χ1) is 32.9. The van der Waals surface area contributed by atoms with Crippen LogP contribution in [0.3, 0.4) is 0 Å². The number of hydrogen-bond donors (Lipinski definition) is 0. The fourth-order valence-electron chi connectivity index (χ4n) is 9.96. The zero-order chi connectivity index (χ0) is 47.3. The summed E-state index contributed by atoms with van der Waals surface area (Å²) in [4.78, 5) is 0. The van der Waals surface area contributed by atoms with Crippen LogP contribution in [-0.4, -0.2) is 0 Å². The molecule has 0 aliphatic carbocycles. The Morgan fingerprint density at radius 1 is 0.236 bits per heavy atom. The van der Waals surface area contributed by atoms with Gasteiger partial charge in [-0.3, -0.25) is 0 Å². The van der Waals surface area contributed by atoms with E-state index in [-0.39, 0.29) is 77.2 Å². The largest absolute Gasteiger partial charge is 2.00 e. The van der Waals surface area contributed by atoms with Crippen molar-refractivity contribution >= 4 is 43.1 Å². The predicted octanol–water partition coefficient (Wildman–Crippen LogP) is 13.4. The van der Waals surface area contributed by atoms with E-state index in [0.29, 0.717) is 0 Å². The molecule has 4 heteroatoms. The zero-order valence-electron chi connectivity index (χ0n) is 42.5. The van der Waals surface area contributed by atoms with E-state index in [9.17, 15) is 0 Å². The van der Waals surface area contributed by atoms with Crippen molar-refractivity contribution in [3.05, 3.63) is 263 Å². The van der Waals surface area contributed by atoms with Crippen molar-refractivity contribution in [1.82, 2.24) is 0 Å². The van der Waals surface area contributed by atoms with E-state index < -0.39 is 0 Å². The summed E-state index contributed by atoms with van der Waals surface area (Å²) >= 11 is 0. The second-order valence-electron chi connectivity index (χ2n) is 18.8. The van der Waals surface area contributed by atoms with Crippen LogP contribution in [-0.2, 0) is 52.4 Å². The average molecular weight is 1130 g/mol. The molecular formula is C68H60Cl2Zr2-2. The Morgan fingerprint density at radius 2 is 0.417 bits per heavy atom. The molecule has 0 saturated carbocycles. The molecule has 0 radical (unpaired) electrons. The fourth-order valence-corrected chi connectivity index (χ4v) is 9.96. The summed E-state index contributed by atoms with van der Waals surface area (Å²) in [6, 6.07) is 78.6. The third-order valence-electron chi connectivity index (χ3n) is 13.1. The number of rotatable bonds is 4. The van der Waals surface area contributed by atoms with Crippen LogP contribution < -0.4 is 24.8 Å². The predicted molar refractivity (Wildman–Crippen MR) is 298 cm³/mol. The van der Waals surface area contributed by atoms with Crippen molar-refractivity contribution in [2.75, 3.05) is 0 Å². The maximum Gasteiger partial charge on any atom is 2.00 e. The van der Waals surface area contributed by atoms with Gasteiger partial charge in [0.15, 0.2) is 0 Å². The van der Waals surface area contributed by atoms with Gasteiger partial charge in [0.1, 0.15) is 0 Å². The number of hydrogen-bond acceptors (Lipinski definition) is 0. The van der Waals surface area contributed by atoms with Crippen molar-refractivity contribution in [3.8, 4) is 44.5 Å². The SMILES string of the molecule is Cc1cc(C)c2cc(-c3ccccc3)[cH-]c2c1.Cc1cc(C)c2cc(-c3ccccc3)[cH-]c2c1.Cc1cc(C)c2cc(-c3ccccc3)[cH-]c2c1.Cc1cc(C)c2cc(-c3ccccc3)[cH-]c2c1.[Cl-].[Cl-].[Zr+2].[Zr+2]. The van der Waals surface area contributed by atoms with Crippen LogP contribution in [0.1, 0.15) is 44.5 Å². The number of halogens is 2. The van der Waals surface area contributed by atoms with Gasteiger partial charge in [-0.1, -0.05) is 212 Å². The molecule has 0 spiro atoms. The monoisotopic (exact) mass is 1130 g/mol. The van der Waals surface area contributed by atoms with Gasteiger partial charge in [0, 0.05) is 0 Å². The maximum absolute atomic E-state index is 2.29. The molecule has 12 aromatic rings. The summed E-state index contributed by atoms with van der Waals surface area (Å²) in [6.07, 6.45) is 0. The molecule has 72 heavy (non-hydrogen) atoms. The Labute approximate surface area is 478 Å². The van der Waals surface area contributed by atoms with Gasteiger partial charge < -0.3 is 24.8 Å². The molecule has 0 fully saturated rings. The maximum atomic E-state index is 2.29. The molecule has 0 nitrogen and oxygen atoms in total. The Morgan fingerprint density at radius 3 is 0.597 bits per heavy atom. The van der Waals surface area contributed by atoms with Gasteiger partial charge in [-0.05, 0) is 55.4 Å². The molecule has 0 unspecified atom stereocenters. The van der Waals surface area contributed by atoms with Crippen LogP contribution in [0.5, 0.6) is 0 Å². The normalized spacial score (nSPS) is 10.3. The van der Waals surface area contributed by atoms with E-state index >= 15 is 0 Å². The Bertz CT molecular complexity index is 3140. The summed E-state index contributed by atoms with van der Waals surface area (Å²) in [5.74, 6) is 0. The van der Waals surface area contributed by atoms with Gasteiger partial charge in [-0.15, -0.1) is 138 Å². The summed E-state index contributed by atoms with van der Waals surface area (Å²) in [5.41, 5.74) is 21.2. The minimum atomic E-state index is 0. The van der Waals surface area contributed by atoms with Crippen molar-refractivity contribution in [3.63, 3.8) is 0 Å². The molecule has 0 bridgehead atoms. The molecule has 0 aliphatic heterocycles. The van der Waals surface area contributed by atoms with Gasteiger partial charge >= 0.3 is 52.4 Å². The standard InChI is InChI=1S/4C17H15.2ClH.2Zr/c4*1-12-8-13(2)17-11-15(10-16(17)9-12)14-6-4-3-5-7-14;;;;/h4*3-11H,1-2H3;2*1H;;/q4*-1;;;2*+2/p-2. The first kappa shape index (κ1) is 57.4. The molecule has 0 N–H and O–H groups in total. The third-order valence-corrected chi connectivity index (χ3v) is 13.1. The molecule has 0 amide bonds. The summed E-state index contributed by atoms with van der Waals surface area (Å²) in [5, 5.41) is 10.9. The van der Waals surface area contributed by atoms with Gasteiger partial charge in [-0.2, -0.15) is 0 Å². The van der Waals surface area contributed by atoms with Gasteiger partial charge in [0.2, 0.25) is 0 Å². The van der Waals surface area contributed by atoms with Gasteiger partial charge in [0.05, 0.1) is 0 Å². The number of fused-ring (bicyclic) bond motifs is 4. The Balaban J connectivity index is 0.000000175. The van der Waals surface area contributed by atoms with Crippen molar-refractivity contribution in [2.45, 2.75) is 55.4 Å². The summed E-state index contributed by atoms with van der Waals surface area (Å²) < 4.78 is 0. The van der Waals surface area contributed by atoms with E-state index in [1.807, 2.05) is 0 Å². The topological polar surface area (TPSA) is 0 Å². The molecule has 0 heterocycles. The molecule has 0 aromatic heterocycles. The van der Waals surface area contributed by atoms with Crippen molar-refractivity contribution < 1.29 is 77.2 Å². The van der Waals surface area contributed by atoms with E-state index in [1.165, 1.54) is 132 Å². The fraction of sp³-hybridized carbons (Fsp3) is 0.118. The quantitative estimate of drug-likeness (QED) is 0.154. The average Bonchev–Trinajstić information content (AvgIpc) is 4.17. The summed E-state index contributed by atoms with van der Waals surface area (Å²) in [6.45, 7) is 17.4. The minimum Gasteiger partial charge on any atom is -1.00 e. The zero-order valence-corrected chi connectivity index (χ0v) is 49.0. The van der Waals surface area contributed by atoms with E-state index in [0.717, 1.165) is 0 Å². The van der Waals surface area contributed by atoms with Crippen molar-refractivity contribution in [1.29, 1.82) is 0 Å². The number of benzene rings is 8. The van der Waals surface area contributed by atoms with Crippen molar-refractivity contribution in [2.24, 2.45) is 0 Å². The van der Waals surface area contributed by atoms with Crippen LogP contribution >= 0.6 is 0 Å². The first-order valence-electron chi connectivity index (χ1n) is 23.9. The molecule has 0 atom stereocenters. The van der Waals surface area contributed by atoms with E-state index in [2.05, 4.69) is 274 Å². The number of aryl methyl sites for hydroxylation is 8. The molecule has 0 aliphatic rings. The van der Waals surface area contributed by atoms with Crippen LogP contribution in [0.4, 0.5) is 0 Å². The third kappa shape index (κ3) is 13.6. The van der Waals surface area contributed by atoms with E-state index in [4.69, 9.17) is 0 Å².